The van der Waals surface area contributed by atoms with Crippen LogP contribution in [0.1, 0.15) is 11.1 Å². The first kappa shape index (κ1) is 21.0. The molecule has 0 unspecified atom stereocenters. The maximum absolute atomic E-state index is 13.9. The Kier molecular flexibility index (Phi) is 5.97. The second-order valence-corrected chi connectivity index (χ2v) is 7.65. The third-order valence-corrected chi connectivity index (χ3v) is 5.32. The first-order valence-corrected chi connectivity index (χ1v) is 10.0. The van der Waals surface area contributed by atoms with Gasteiger partial charge in [0, 0.05) is 5.56 Å². The number of hydrogen-bond donors (Lipinski definition) is 0. The van der Waals surface area contributed by atoms with Gasteiger partial charge in [0.25, 0.3) is 17.0 Å². The lowest BCUT2D eigenvalue weighted by molar-refractivity contribution is -0.123. The Bertz CT molecular complexity index is 1200. The topological polar surface area (TPSA) is 72.4 Å². The molecule has 10 heteroatoms. The normalized spacial score (nSPS) is 15.1. The van der Waals surface area contributed by atoms with Gasteiger partial charge in [-0.25, -0.2) is 9.37 Å². The van der Waals surface area contributed by atoms with Gasteiger partial charge in [-0.05, 0) is 53.2 Å². The van der Waals surface area contributed by atoms with Crippen LogP contribution in [0.15, 0.2) is 59.6 Å². The molecule has 1 aliphatic heterocycles. The molecule has 0 atom stereocenters. The molecule has 1 fully saturated rings. The van der Waals surface area contributed by atoms with Crippen molar-refractivity contribution in [3.05, 3.63) is 87.7 Å². The lowest BCUT2D eigenvalue weighted by Crippen LogP contribution is -2.27. The number of imide groups is 1. The summed E-state index contributed by atoms with van der Waals surface area (Å²) in [6.45, 7) is -0.144. The molecule has 0 radical (unpaired) electrons. The fraction of sp³-hybridized carbons (Fsp3) is 0.0476. The first-order valence-electron chi connectivity index (χ1n) is 8.85. The smallest absolute Gasteiger partial charge is 0.293 e. The minimum absolute atomic E-state index is 0.144. The molecule has 1 aromatic heterocycles. The van der Waals surface area contributed by atoms with E-state index >= 15 is 0 Å². The van der Waals surface area contributed by atoms with Gasteiger partial charge >= 0.3 is 0 Å². The molecule has 4 rings (SSSR count). The minimum atomic E-state index is -0.767. The third-order valence-electron chi connectivity index (χ3n) is 4.23. The summed E-state index contributed by atoms with van der Waals surface area (Å²) in [5.74, 6) is -1.78. The molecule has 0 saturated carbocycles. The van der Waals surface area contributed by atoms with Crippen LogP contribution in [-0.4, -0.2) is 26.0 Å². The van der Waals surface area contributed by atoms with Gasteiger partial charge in [-0.2, -0.15) is 9.37 Å². The van der Waals surface area contributed by atoms with E-state index in [0.29, 0.717) is 11.3 Å². The van der Waals surface area contributed by atoms with E-state index in [-0.39, 0.29) is 28.2 Å². The Hall–Kier alpha value is -3.30. The van der Waals surface area contributed by atoms with E-state index in [1.165, 1.54) is 24.3 Å². The van der Waals surface area contributed by atoms with Crippen molar-refractivity contribution < 1.29 is 23.1 Å². The molecule has 3 aromatic rings. The number of ether oxygens (including phenoxy) is 1. The van der Waals surface area contributed by atoms with Crippen LogP contribution < -0.4 is 4.74 Å². The molecule has 2 amide bonds. The van der Waals surface area contributed by atoms with Crippen LogP contribution in [0.25, 0.3) is 6.08 Å². The monoisotopic (exact) mass is 459 g/mol. The molecular formula is C21H12ClF2N3O3S. The molecule has 1 saturated heterocycles. The van der Waals surface area contributed by atoms with Gasteiger partial charge in [0.15, 0.2) is 0 Å². The van der Waals surface area contributed by atoms with E-state index in [0.717, 1.165) is 22.9 Å². The van der Waals surface area contributed by atoms with E-state index < -0.39 is 22.8 Å². The van der Waals surface area contributed by atoms with Gasteiger partial charge in [-0.1, -0.05) is 30.3 Å². The van der Waals surface area contributed by atoms with Crippen LogP contribution in [0.4, 0.5) is 13.6 Å². The zero-order valence-corrected chi connectivity index (χ0v) is 17.2. The number of rotatable bonds is 5. The van der Waals surface area contributed by atoms with Gasteiger partial charge < -0.3 is 4.74 Å². The summed E-state index contributed by atoms with van der Waals surface area (Å²) in [7, 11) is 0. The summed E-state index contributed by atoms with van der Waals surface area (Å²) in [5.41, 5.74) is 0.870. The first-order chi connectivity index (χ1) is 14.9. The van der Waals surface area contributed by atoms with Crippen LogP contribution >= 0.6 is 23.4 Å². The van der Waals surface area contributed by atoms with Gasteiger partial charge in [0.1, 0.15) is 11.6 Å². The lowest BCUT2D eigenvalue weighted by atomic mass is 10.2. The van der Waals surface area contributed by atoms with Gasteiger partial charge in [0.05, 0.1) is 17.6 Å². The van der Waals surface area contributed by atoms with Crippen molar-refractivity contribution in [2.75, 3.05) is 0 Å². The summed E-state index contributed by atoms with van der Waals surface area (Å²) in [4.78, 5) is 33.2. The molecule has 0 N–H and O–H groups in total. The molecule has 1 aliphatic rings. The Morgan fingerprint density at radius 1 is 1.06 bits per heavy atom. The predicted octanol–water partition coefficient (Wildman–Crippen LogP) is 5.44. The van der Waals surface area contributed by atoms with Crippen molar-refractivity contribution >= 4 is 40.6 Å². The lowest BCUT2D eigenvalue weighted by Gasteiger charge is -2.12. The molecule has 0 bridgehead atoms. The largest absolute Gasteiger partial charge is 0.436 e. The third kappa shape index (κ3) is 4.73. The van der Waals surface area contributed by atoms with Crippen molar-refractivity contribution in [1.29, 1.82) is 0 Å². The highest BCUT2D eigenvalue weighted by Crippen LogP contribution is 2.34. The molecule has 0 spiro atoms. The van der Waals surface area contributed by atoms with Crippen molar-refractivity contribution in [2.24, 2.45) is 0 Å². The minimum Gasteiger partial charge on any atom is -0.436 e. The Morgan fingerprint density at radius 2 is 1.81 bits per heavy atom. The number of aromatic nitrogens is 2. The molecule has 2 aromatic carbocycles. The van der Waals surface area contributed by atoms with E-state index in [2.05, 4.69) is 9.97 Å². The van der Waals surface area contributed by atoms with Crippen LogP contribution in [0.5, 0.6) is 11.6 Å². The standard InChI is InChI=1S/C21H12ClF2N3O3S/c22-20-25-10-16(24)18(26-20)30-14-7-5-12(6-8-14)9-17-19(28)27(21(29)31-17)11-13-3-1-2-4-15(13)23/h1-10H,11H2. The highest BCUT2D eigenvalue weighted by molar-refractivity contribution is 8.18. The quantitative estimate of drug-likeness (QED) is 0.374. The average molecular weight is 460 g/mol. The molecule has 0 aliphatic carbocycles. The van der Waals surface area contributed by atoms with Gasteiger partial charge in [-0.3, -0.25) is 14.5 Å². The number of benzene rings is 2. The fourth-order valence-corrected chi connectivity index (χ4v) is 3.70. The van der Waals surface area contributed by atoms with Crippen molar-refractivity contribution in [1.82, 2.24) is 14.9 Å². The van der Waals surface area contributed by atoms with Crippen LogP contribution in [0, 0.1) is 11.6 Å². The number of thioether (sulfide) groups is 1. The zero-order valence-electron chi connectivity index (χ0n) is 15.6. The molecule has 31 heavy (non-hydrogen) atoms. The molecular weight excluding hydrogens is 448 g/mol. The van der Waals surface area contributed by atoms with Crippen molar-refractivity contribution in [2.45, 2.75) is 6.54 Å². The summed E-state index contributed by atoms with van der Waals surface area (Å²) in [6.07, 6.45) is 2.44. The maximum atomic E-state index is 13.9. The Balaban J connectivity index is 1.48. The summed E-state index contributed by atoms with van der Waals surface area (Å²) >= 11 is 6.41. The van der Waals surface area contributed by atoms with Crippen molar-refractivity contribution in [3.63, 3.8) is 0 Å². The average Bonchev–Trinajstić information content (AvgIpc) is 3.01. The predicted molar refractivity (Wildman–Crippen MR) is 111 cm³/mol. The van der Waals surface area contributed by atoms with Crippen LogP contribution in [0.3, 0.4) is 0 Å². The highest BCUT2D eigenvalue weighted by Gasteiger charge is 2.35. The number of carbonyl (C=O) groups is 2. The van der Waals surface area contributed by atoms with Gasteiger partial charge in [-0.15, -0.1) is 0 Å². The number of nitrogens with zero attached hydrogens (tertiary/aromatic N) is 3. The maximum Gasteiger partial charge on any atom is 0.293 e. The van der Waals surface area contributed by atoms with E-state index in [9.17, 15) is 18.4 Å². The van der Waals surface area contributed by atoms with Crippen LogP contribution in [0.2, 0.25) is 5.28 Å². The fourth-order valence-electron chi connectivity index (χ4n) is 2.73. The number of carbonyl (C=O) groups excluding carboxylic acids is 2. The number of hydrogen-bond acceptors (Lipinski definition) is 6. The molecule has 156 valence electrons. The highest BCUT2D eigenvalue weighted by atomic mass is 35.5. The summed E-state index contributed by atoms with van der Waals surface area (Å²) in [6, 6.07) is 12.3. The van der Waals surface area contributed by atoms with E-state index in [1.54, 1.807) is 30.3 Å². The van der Waals surface area contributed by atoms with Crippen LogP contribution in [-0.2, 0) is 11.3 Å². The Morgan fingerprint density at radius 3 is 2.55 bits per heavy atom. The summed E-state index contributed by atoms with van der Waals surface area (Å²) in [5, 5.41) is -0.630. The second kappa shape index (κ2) is 8.83. The summed E-state index contributed by atoms with van der Waals surface area (Å²) < 4.78 is 32.9. The van der Waals surface area contributed by atoms with Gasteiger partial charge in [0.2, 0.25) is 11.1 Å². The Labute approximate surface area is 184 Å². The number of halogens is 3. The molecule has 6 nitrogen and oxygen atoms in total. The number of amides is 2. The van der Waals surface area contributed by atoms with E-state index in [4.69, 9.17) is 16.3 Å². The second-order valence-electron chi connectivity index (χ2n) is 6.32. The van der Waals surface area contributed by atoms with E-state index in [1.807, 2.05) is 0 Å². The SMILES string of the molecule is O=C1SC(=Cc2ccc(Oc3nc(Cl)ncc3F)cc2)C(=O)N1Cc1ccccc1F. The zero-order chi connectivity index (χ0) is 22.0. The van der Waals surface area contributed by atoms with Crippen molar-refractivity contribution in [3.8, 4) is 11.6 Å². The molecule has 2 heterocycles.